The summed E-state index contributed by atoms with van der Waals surface area (Å²) >= 11 is 0. The molecule has 42 heavy (non-hydrogen) atoms. The van der Waals surface area contributed by atoms with Crippen molar-refractivity contribution in [2.24, 2.45) is 28.8 Å². The van der Waals surface area contributed by atoms with E-state index < -0.39 is 24.0 Å². The number of carbonyl (C=O) groups is 2. The number of carbonyl (C=O) groups excluding carboxylic acids is 2. The Morgan fingerprint density at radius 2 is 1.69 bits per heavy atom. The molecule has 5 aliphatic rings. The van der Waals surface area contributed by atoms with E-state index in [2.05, 4.69) is 29.7 Å². The molecule has 4 unspecified atom stereocenters. The number of amides is 2. The third kappa shape index (κ3) is 5.26. The number of fused-ring (bicyclic) bond motifs is 2. The zero-order valence-corrected chi connectivity index (χ0v) is 24.5. The van der Waals surface area contributed by atoms with Gasteiger partial charge in [0.2, 0.25) is 5.79 Å². The molecule has 2 N–H and O–H groups in total. The summed E-state index contributed by atoms with van der Waals surface area (Å²) in [7, 11) is 1.58. The average Bonchev–Trinajstić information content (AvgIpc) is 3.24. The lowest BCUT2D eigenvalue weighted by molar-refractivity contribution is -0.577. The number of hydrogen-bond acceptors (Lipinski definition) is 8. The Morgan fingerprint density at radius 3 is 2.43 bits per heavy atom. The number of nitrogens with one attached hydrogen (secondary N) is 2. The molecular weight excluding hydrogens is 538 g/mol. The third-order valence-electron chi connectivity index (χ3n) is 9.51. The highest BCUT2D eigenvalue weighted by atomic mass is 17.3. The summed E-state index contributed by atoms with van der Waals surface area (Å²) in [4.78, 5) is 36.3. The maximum Gasteiger partial charge on any atom is 0.271 e. The molecule has 4 saturated heterocycles. The van der Waals surface area contributed by atoms with Crippen LogP contribution in [-0.4, -0.2) is 49.0 Å². The Bertz CT molecular complexity index is 1330. The number of ether oxygens (including phenoxy) is 3. The van der Waals surface area contributed by atoms with E-state index in [-0.39, 0.29) is 23.7 Å². The summed E-state index contributed by atoms with van der Waals surface area (Å²) in [6, 6.07) is 14.1. The number of hydrogen-bond donors (Lipinski definition) is 2. The van der Waals surface area contributed by atoms with Crippen LogP contribution >= 0.6 is 0 Å². The maximum atomic E-state index is 12.6. The van der Waals surface area contributed by atoms with E-state index in [1.807, 2.05) is 19.1 Å². The van der Waals surface area contributed by atoms with Gasteiger partial charge in [0.15, 0.2) is 18.2 Å². The van der Waals surface area contributed by atoms with E-state index in [0.717, 1.165) is 36.8 Å². The number of rotatable bonds is 7. The molecule has 4 heterocycles. The van der Waals surface area contributed by atoms with Gasteiger partial charge < -0.3 is 19.5 Å². The highest BCUT2D eigenvalue weighted by Gasteiger charge is 2.69. The smallest absolute Gasteiger partial charge is 0.271 e. The summed E-state index contributed by atoms with van der Waals surface area (Å²) < 4.78 is 19.2. The van der Waals surface area contributed by atoms with Crippen LogP contribution in [0, 0.1) is 23.7 Å². The Morgan fingerprint density at radius 1 is 0.976 bits per heavy atom. The van der Waals surface area contributed by atoms with E-state index in [4.69, 9.17) is 24.0 Å². The molecule has 0 radical (unpaired) electrons. The quantitative estimate of drug-likeness (QED) is 0.282. The van der Waals surface area contributed by atoms with Crippen LogP contribution in [0.1, 0.15) is 78.3 Å². The predicted molar refractivity (Wildman–Crippen MR) is 153 cm³/mol. The van der Waals surface area contributed by atoms with Crippen LogP contribution in [0.3, 0.4) is 0 Å². The predicted octanol–water partition coefficient (Wildman–Crippen LogP) is 4.53. The molecule has 2 aromatic rings. The number of benzene rings is 2. The van der Waals surface area contributed by atoms with Crippen LogP contribution in [-0.2, 0) is 30.6 Å². The van der Waals surface area contributed by atoms with E-state index in [1.165, 1.54) is 6.21 Å². The first kappa shape index (κ1) is 28.9. The Kier molecular flexibility index (Phi) is 7.93. The van der Waals surface area contributed by atoms with Gasteiger partial charge >= 0.3 is 0 Å². The van der Waals surface area contributed by atoms with E-state index in [0.29, 0.717) is 29.6 Å². The van der Waals surface area contributed by atoms with Crippen molar-refractivity contribution in [3.63, 3.8) is 0 Å². The zero-order chi connectivity index (χ0) is 29.5. The monoisotopic (exact) mass is 577 g/mol. The molecule has 1 spiro atoms. The molecule has 2 bridgehead atoms. The van der Waals surface area contributed by atoms with Gasteiger partial charge in [0.05, 0.1) is 12.8 Å². The summed E-state index contributed by atoms with van der Waals surface area (Å²) in [5.74, 6) is -0.196. The highest BCUT2D eigenvalue weighted by molar-refractivity contribution is 5.96. The average molecular weight is 578 g/mol. The van der Waals surface area contributed by atoms with E-state index in [1.54, 1.807) is 43.4 Å². The molecule has 2 amide bonds. The molecule has 0 aromatic heterocycles. The summed E-state index contributed by atoms with van der Waals surface area (Å²) in [6.45, 7) is 6.72. The number of nitrogens with zero attached hydrogens (tertiary/aromatic N) is 1. The van der Waals surface area contributed by atoms with Gasteiger partial charge in [-0.3, -0.25) is 9.59 Å². The van der Waals surface area contributed by atoms with Gasteiger partial charge in [0, 0.05) is 36.4 Å². The van der Waals surface area contributed by atoms with Crippen molar-refractivity contribution in [3.05, 3.63) is 70.8 Å². The second-order valence-electron chi connectivity index (χ2n) is 12.2. The molecule has 4 aliphatic heterocycles. The van der Waals surface area contributed by atoms with Gasteiger partial charge in [-0.15, -0.1) is 0 Å². The van der Waals surface area contributed by atoms with Gasteiger partial charge in [0.25, 0.3) is 11.8 Å². The van der Waals surface area contributed by atoms with Gasteiger partial charge in [-0.1, -0.05) is 38.1 Å². The first-order chi connectivity index (χ1) is 20.2. The molecule has 10 nitrogen and oxygen atoms in total. The normalized spacial score (nSPS) is 35.3. The first-order valence-electron chi connectivity index (χ1n) is 14.8. The fourth-order valence-corrected chi connectivity index (χ4v) is 7.09. The van der Waals surface area contributed by atoms with Gasteiger partial charge in [-0.2, -0.15) is 5.10 Å². The molecule has 5 fully saturated rings. The van der Waals surface area contributed by atoms with Crippen molar-refractivity contribution in [2.45, 2.75) is 77.0 Å². The van der Waals surface area contributed by atoms with Gasteiger partial charge in [-0.25, -0.2) is 15.2 Å². The van der Waals surface area contributed by atoms with Crippen molar-refractivity contribution in [2.75, 3.05) is 7.05 Å². The van der Waals surface area contributed by atoms with Crippen LogP contribution < -0.4 is 10.7 Å². The van der Waals surface area contributed by atoms with Crippen molar-refractivity contribution in [1.29, 1.82) is 0 Å². The molecule has 10 heteroatoms. The molecular formula is C32H39N3O7. The number of hydrazone groups is 1. The fourth-order valence-electron chi connectivity index (χ4n) is 7.09. The van der Waals surface area contributed by atoms with Crippen molar-refractivity contribution < 1.29 is 33.6 Å². The lowest BCUT2D eigenvalue weighted by Gasteiger charge is -2.60. The standard InChI is InChI=1S/C32H39N3O7/c1-19-5-14-26-20(2)29(39-30-32(26)25(19)15-16-31(3,40-30)41-42-32)38-18-22-8-12-24(13-9-22)28(37)35-34-17-21-6-10-23(11-7-21)27(36)33-4/h6-13,17,19-20,25-26,29-30H,5,14-16,18H2,1-4H3,(H,33,36)(H,35,37)/b34-17+/t19-,20-,25?,26?,29?,30?,31+,32-/m1/s1. The second kappa shape index (κ2) is 11.5. The Labute approximate surface area is 246 Å². The van der Waals surface area contributed by atoms with Crippen LogP contribution in [0.4, 0.5) is 0 Å². The Hall–Kier alpha value is -3.15. The molecule has 1 aliphatic carbocycles. The van der Waals surface area contributed by atoms with Gasteiger partial charge in [0.1, 0.15) is 0 Å². The molecule has 2 aromatic carbocycles. The van der Waals surface area contributed by atoms with E-state index >= 15 is 0 Å². The third-order valence-corrected chi connectivity index (χ3v) is 9.51. The minimum Gasteiger partial charge on any atom is -0.355 e. The van der Waals surface area contributed by atoms with Crippen LogP contribution in [0.25, 0.3) is 0 Å². The second-order valence-corrected chi connectivity index (χ2v) is 12.2. The fraction of sp³-hybridized carbons (Fsp3) is 0.531. The first-order valence-corrected chi connectivity index (χ1v) is 14.8. The van der Waals surface area contributed by atoms with Crippen LogP contribution in [0.2, 0.25) is 0 Å². The van der Waals surface area contributed by atoms with Gasteiger partial charge in [-0.05, 0) is 73.4 Å². The molecule has 224 valence electrons. The van der Waals surface area contributed by atoms with Crippen molar-refractivity contribution >= 4 is 18.0 Å². The minimum atomic E-state index is -0.819. The topological polar surface area (TPSA) is 117 Å². The van der Waals surface area contributed by atoms with Crippen LogP contribution in [0.15, 0.2) is 53.6 Å². The van der Waals surface area contributed by atoms with E-state index in [9.17, 15) is 9.59 Å². The summed E-state index contributed by atoms with van der Waals surface area (Å²) in [6.07, 6.45) is 4.44. The highest BCUT2D eigenvalue weighted by Crippen LogP contribution is 2.60. The lowest BCUT2D eigenvalue weighted by Crippen LogP contribution is -2.70. The maximum absolute atomic E-state index is 12.6. The van der Waals surface area contributed by atoms with Crippen molar-refractivity contribution in [3.8, 4) is 0 Å². The molecule has 1 saturated carbocycles. The van der Waals surface area contributed by atoms with Crippen molar-refractivity contribution in [1.82, 2.24) is 10.7 Å². The lowest BCUT2D eigenvalue weighted by atomic mass is 9.58. The minimum absolute atomic E-state index is 0.0915. The zero-order valence-electron chi connectivity index (χ0n) is 24.5. The van der Waals surface area contributed by atoms with Crippen LogP contribution in [0.5, 0.6) is 0 Å². The largest absolute Gasteiger partial charge is 0.355 e. The Balaban J connectivity index is 1.05. The summed E-state index contributed by atoms with van der Waals surface area (Å²) in [5.41, 5.74) is 4.64. The SMILES string of the molecule is CNC(=O)c1ccc(/C=N/NC(=O)c2ccc(COC3OC4O[C@]5(C)CCC6[C@H](C)CCC([C@H]3C)[C@@]46OO5)cc2)cc1. The molecule has 7 rings (SSSR count). The molecule has 8 atom stereocenters. The summed E-state index contributed by atoms with van der Waals surface area (Å²) in [5, 5.41) is 6.61.